The van der Waals surface area contributed by atoms with Crippen molar-refractivity contribution >= 4 is 44.9 Å². The third-order valence-corrected chi connectivity index (χ3v) is 7.33. The molecule has 1 saturated carbocycles. The number of fused-ring (bicyclic) bond motifs is 2. The number of carbonyl (C=O) groups is 4. The number of aromatic amines is 2. The van der Waals surface area contributed by atoms with Crippen LogP contribution in [-0.4, -0.2) is 33.1 Å². The topological polar surface area (TPSA) is 99.9 Å². The SMILES string of the molecule is CCCCc1[nH]c2ccccc2c1C1C(=O)C(=O)C(c2c(CCCC)[nH]c3ccccc23)C(=O)C1=O. The van der Waals surface area contributed by atoms with Gasteiger partial charge >= 0.3 is 0 Å². The zero-order valence-electron chi connectivity index (χ0n) is 20.6. The first-order valence-corrected chi connectivity index (χ1v) is 12.8. The minimum absolute atomic E-state index is 0.485. The summed E-state index contributed by atoms with van der Waals surface area (Å²) in [6, 6.07) is 14.8. The summed E-state index contributed by atoms with van der Waals surface area (Å²) in [5.74, 6) is -5.96. The van der Waals surface area contributed by atoms with Gasteiger partial charge in [0.15, 0.2) is 0 Å². The van der Waals surface area contributed by atoms with E-state index in [9.17, 15) is 19.2 Å². The van der Waals surface area contributed by atoms with E-state index in [-0.39, 0.29) is 0 Å². The fraction of sp³-hybridized carbons (Fsp3) is 0.333. The second kappa shape index (κ2) is 9.69. The summed E-state index contributed by atoms with van der Waals surface area (Å²) in [7, 11) is 0. The quantitative estimate of drug-likeness (QED) is 0.256. The minimum Gasteiger partial charge on any atom is -0.358 e. The van der Waals surface area contributed by atoms with Crippen LogP contribution in [0.2, 0.25) is 0 Å². The van der Waals surface area contributed by atoms with E-state index in [0.717, 1.165) is 48.1 Å². The lowest BCUT2D eigenvalue weighted by molar-refractivity contribution is -0.151. The van der Waals surface area contributed by atoms with Crippen LogP contribution in [0, 0.1) is 0 Å². The number of carbonyl (C=O) groups excluding carboxylic acids is 4. The number of H-pyrrole nitrogens is 2. The molecule has 36 heavy (non-hydrogen) atoms. The lowest BCUT2D eigenvalue weighted by Gasteiger charge is -2.25. The molecule has 1 aliphatic carbocycles. The smallest absolute Gasteiger partial charge is 0.214 e. The van der Waals surface area contributed by atoms with E-state index in [2.05, 4.69) is 23.8 Å². The predicted octanol–water partition coefficient (Wildman–Crippen LogP) is 5.49. The largest absolute Gasteiger partial charge is 0.358 e. The molecule has 4 aromatic rings. The number of unbranched alkanes of at least 4 members (excludes halogenated alkanes) is 2. The van der Waals surface area contributed by atoms with E-state index in [1.807, 2.05) is 48.5 Å². The number of ketones is 4. The Balaban J connectivity index is 1.63. The fourth-order valence-corrected chi connectivity index (χ4v) is 5.53. The van der Waals surface area contributed by atoms with Crippen LogP contribution in [-0.2, 0) is 32.0 Å². The molecule has 1 fully saturated rings. The Bertz CT molecular complexity index is 1360. The number of Topliss-reactive ketones (excluding diaryl/α,β-unsaturated/α-hetero) is 4. The van der Waals surface area contributed by atoms with Gasteiger partial charge in [-0.25, -0.2) is 0 Å². The van der Waals surface area contributed by atoms with Gasteiger partial charge in [-0.2, -0.15) is 0 Å². The lowest BCUT2D eigenvalue weighted by atomic mass is 9.71. The zero-order chi connectivity index (χ0) is 25.4. The first kappa shape index (κ1) is 23.9. The highest BCUT2D eigenvalue weighted by Crippen LogP contribution is 2.40. The highest BCUT2D eigenvalue weighted by Gasteiger charge is 2.52. The summed E-state index contributed by atoms with van der Waals surface area (Å²) in [6.45, 7) is 4.13. The number of aromatic nitrogens is 2. The van der Waals surface area contributed by atoms with Gasteiger partial charge in [-0.15, -0.1) is 0 Å². The van der Waals surface area contributed by atoms with E-state index < -0.39 is 35.0 Å². The highest BCUT2D eigenvalue weighted by atomic mass is 16.2. The molecule has 0 spiro atoms. The molecule has 0 bridgehead atoms. The van der Waals surface area contributed by atoms with Gasteiger partial charge in [-0.05, 0) is 48.9 Å². The summed E-state index contributed by atoms with van der Waals surface area (Å²) in [5.41, 5.74) is 4.05. The van der Waals surface area contributed by atoms with Crippen LogP contribution < -0.4 is 0 Å². The van der Waals surface area contributed by atoms with E-state index in [1.165, 1.54) is 0 Å². The molecule has 0 atom stereocenters. The van der Waals surface area contributed by atoms with E-state index in [0.29, 0.717) is 34.7 Å². The molecule has 2 aromatic carbocycles. The maximum atomic E-state index is 13.7. The molecule has 0 unspecified atom stereocenters. The average Bonchev–Trinajstić information content (AvgIpc) is 3.44. The van der Waals surface area contributed by atoms with Gasteiger partial charge in [-0.1, -0.05) is 63.1 Å². The molecule has 5 rings (SSSR count). The maximum absolute atomic E-state index is 13.7. The maximum Gasteiger partial charge on any atom is 0.214 e. The highest BCUT2D eigenvalue weighted by molar-refractivity contribution is 6.64. The minimum atomic E-state index is -1.39. The van der Waals surface area contributed by atoms with Crippen molar-refractivity contribution < 1.29 is 19.2 Å². The van der Waals surface area contributed by atoms with E-state index in [1.54, 1.807) is 0 Å². The van der Waals surface area contributed by atoms with Crippen molar-refractivity contribution in [2.75, 3.05) is 0 Å². The Labute approximate surface area is 209 Å². The Morgan fingerprint density at radius 2 is 0.944 bits per heavy atom. The van der Waals surface area contributed by atoms with Crippen molar-refractivity contribution in [1.29, 1.82) is 0 Å². The summed E-state index contributed by atoms with van der Waals surface area (Å²) in [5, 5.41) is 1.43. The second-order valence-corrected chi connectivity index (χ2v) is 9.66. The van der Waals surface area contributed by atoms with Crippen molar-refractivity contribution in [3.05, 3.63) is 71.0 Å². The van der Waals surface area contributed by atoms with Gasteiger partial charge in [0, 0.05) is 33.2 Å². The van der Waals surface area contributed by atoms with Crippen LogP contribution in [0.25, 0.3) is 21.8 Å². The Hall–Kier alpha value is -3.80. The number of benzene rings is 2. The second-order valence-electron chi connectivity index (χ2n) is 9.66. The van der Waals surface area contributed by atoms with Crippen molar-refractivity contribution in [3.8, 4) is 0 Å². The Morgan fingerprint density at radius 1 is 0.583 bits per heavy atom. The van der Waals surface area contributed by atoms with Gasteiger partial charge in [0.05, 0.1) is 0 Å². The Kier molecular flexibility index (Phi) is 6.44. The number of para-hydroxylation sites is 2. The van der Waals surface area contributed by atoms with Crippen molar-refractivity contribution in [1.82, 2.24) is 9.97 Å². The molecular weight excluding hydrogens is 452 g/mol. The molecule has 1 aliphatic rings. The third kappa shape index (κ3) is 3.81. The van der Waals surface area contributed by atoms with Gasteiger partial charge in [-0.3, -0.25) is 19.2 Å². The number of hydrogen-bond acceptors (Lipinski definition) is 4. The van der Waals surface area contributed by atoms with Crippen molar-refractivity contribution in [2.24, 2.45) is 0 Å². The predicted molar refractivity (Wildman–Crippen MR) is 139 cm³/mol. The van der Waals surface area contributed by atoms with Gasteiger partial charge in [0.25, 0.3) is 0 Å². The number of nitrogens with one attached hydrogen (secondary N) is 2. The summed E-state index contributed by atoms with van der Waals surface area (Å²) < 4.78 is 0. The molecule has 2 heterocycles. The van der Waals surface area contributed by atoms with Crippen LogP contribution in [0.15, 0.2) is 48.5 Å². The third-order valence-electron chi connectivity index (χ3n) is 7.33. The summed E-state index contributed by atoms with van der Waals surface area (Å²) in [6.07, 6.45) is 4.84. The molecule has 0 aliphatic heterocycles. The molecule has 2 aromatic heterocycles. The van der Waals surface area contributed by atoms with Crippen LogP contribution in [0.3, 0.4) is 0 Å². The van der Waals surface area contributed by atoms with Gasteiger partial charge in [0.1, 0.15) is 11.8 Å². The molecule has 6 heteroatoms. The standard InChI is InChI=1S/C30H30N2O4/c1-3-5-13-21-23(17-11-7-9-15-19(17)31-21)25-27(33)29(35)26(30(36)28(25)34)24-18-12-8-10-16-20(18)32-22(24)14-6-4-2/h7-12,15-16,25-26,31-32H,3-6,13-14H2,1-2H3. The molecule has 0 saturated heterocycles. The molecule has 0 amide bonds. The normalized spacial score (nSPS) is 18.6. The molecule has 2 N–H and O–H groups in total. The Morgan fingerprint density at radius 3 is 1.31 bits per heavy atom. The first-order valence-electron chi connectivity index (χ1n) is 12.8. The van der Waals surface area contributed by atoms with Crippen molar-refractivity contribution in [2.45, 2.75) is 64.2 Å². The fourth-order valence-electron chi connectivity index (χ4n) is 5.53. The van der Waals surface area contributed by atoms with Crippen LogP contribution in [0.4, 0.5) is 0 Å². The zero-order valence-corrected chi connectivity index (χ0v) is 20.6. The average molecular weight is 483 g/mol. The summed E-state index contributed by atoms with van der Waals surface area (Å²) in [4.78, 5) is 61.3. The summed E-state index contributed by atoms with van der Waals surface area (Å²) >= 11 is 0. The van der Waals surface area contributed by atoms with Gasteiger partial charge in [0.2, 0.25) is 23.1 Å². The number of aryl methyl sites for hydroxylation is 2. The molecule has 184 valence electrons. The molecule has 6 nitrogen and oxygen atoms in total. The molecular formula is C30H30N2O4. The van der Waals surface area contributed by atoms with Crippen LogP contribution in [0.5, 0.6) is 0 Å². The van der Waals surface area contributed by atoms with Crippen molar-refractivity contribution in [3.63, 3.8) is 0 Å². The van der Waals surface area contributed by atoms with E-state index >= 15 is 0 Å². The van der Waals surface area contributed by atoms with Gasteiger partial charge < -0.3 is 9.97 Å². The van der Waals surface area contributed by atoms with Crippen LogP contribution >= 0.6 is 0 Å². The lowest BCUT2D eigenvalue weighted by Crippen LogP contribution is -2.46. The van der Waals surface area contributed by atoms with E-state index in [4.69, 9.17) is 0 Å². The number of rotatable bonds is 8. The molecule has 0 radical (unpaired) electrons. The van der Waals surface area contributed by atoms with Crippen LogP contribution in [0.1, 0.15) is 73.9 Å². The number of hydrogen-bond donors (Lipinski definition) is 2. The first-order chi connectivity index (χ1) is 17.5. The monoisotopic (exact) mass is 482 g/mol.